The molecule has 1 N–H and O–H groups in total. The van der Waals surface area contributed by atoms with Crippen molar-refractivity contribution in [3.8, 4) is 0 Å². The lowest BCUT2D eigenvalue weighted by Gasteiger charge is -2.31. The van der Waals surface area contributed by atoms with Crippen LogP contribution in [0.15, 0.2) is 54.6 Å². The summed E-state index contributed by atoms with van der Waals surface area (Å²) >= 11 is 5.94. The Hall–Kier alpha value is -2.33. The molecule has 4 nitrogen and oxygen atoms in total. The standard InChI is InChI=1S/C20H23ClN2O2/c1-3-18(24)23(14-15-10-12-17(21)13-11-15)19(20(25)22-4-2)16-8-6-5-7-9-16/h5-13,19H,3-4,14H2,1-2H3,(H,22,25). The first-order chi connectivity index (χ1) is 12.1. The Bertz CT molecular complexity index is 701. The molecule has 1 atom stereocenters. The van der Waals surface area contributed by atoms with Crippen LogP contribution < -0.4 is 5.32 Å². The monoisotopic (exact) mass is 358 g/mol. The minimum Gasteiger partial charge on any atom is -0.354 e. The molecule has 2 aromatic rings. The van der Waals surface area contributed by atoms with Gasteiger partial charge in [-0.2, -0.15) is 0 Å². The van der Waals surface area contributed by atoms with E-state index in [0.29, 0.717) is 24.5 Å². The van der Waals surface area contributed by atoms with Crippen molar-refractivity contribution < 1.29 is 9.59 Å². The van der Waals surface area contributed by atoms with Gasteiger partial charge in [0.1, 0.15) is 6.04 Å². The molecule has 0 heterocycles. The minimum atomic E-state index is -0.663. The zero-order valence-electron chi connectivity index (χ0n) is 14.5. The average Bonchev–Trinajstić information content (AvgIpc) is 2.63. The first kappa shape index (κ1) is 19.0. The summed E-state index contributed by atoms with van der Waals surface area (Å²) in [6.07, 6.45) is 0.330. The van der Waals surface area contributed by atoms with Crippen LogP contribution in [-0.4, -0.2) is 23.3 Å². The topological polar surface area (TPSA) is 49.4 Å². The van der Waals surface area contributed by atoms with Gasteiger partial charge in [0.2, 0.25) is 11.8 Å². The maximum atomic E-state index is 12.7. The van der Waals surface area contributed by atoms with Gasteiger partial charge in [0.15, 0.2) is 0 Å². The van der Waals surface area contributed by atoms with Crippen LogP contribution in [0.4, 0.5) is 0 Å². The third-order valence-corrected chi connectivity index (χ3v) is 4.17. The van der Waals surface area contributed by atoms with Crippen molar-refractivity contribution in [2.45, 2.75) is 32.9 Å². The predicted molar refractivity (Wildman–Crippen MR) is 100 cm³/mol. The molecule has 0 aliphatic carbocycles. The number of carbonyl (C=O) groups is 2. The zero-order chi connectivity index (χ0) is 18.2. The molecule has 132 valence electrons. The van der Waals surface area contributed by atoms with Crippen molar-refractivity contribution in [3.63, 3.8) is 0 Å². The second-order valence-corrected chi connectivity index (χ2v) is 6.15. The molecular formula is C20H23ClN2O2. The molecule has 0 radical (unpaired) electrons. The quantitative estimate of drug-likeness (QED) is 0.814. The first-order valence-electron chi connectivity index (χ1n) is 8.43. The molecule has 2 aromatic carbocycles. The Labute approximate surface area is 153 Å². The van der Waals surface area contributed by atoms with E-state index in [2.05, 4.69) is 5.32 Å². The summed E-state index contributed by atoms with van der Waals surface area (Å²) < 4.78 is 0. The van der Waals surface area contributed by atoms with Gasteiger partial charge in [-0.3, -0.25) is 9.59 Å². The van der Waals surface area contributed by atoms with E-state index in [-0.39, 0.29) is 11.8 Å². The second kappa shape index (κ2) is 9.23. The van der Waals surface area contributed by atoms with Gasteiger partial charge in [0.05, 0.1) is 0 Å². The number of nitrogens with zero attached hydrogens (tertiary/aromatic N) is 1. The Morgan fingerprint density at radius 2 is 1.68 bits per heavy atom. The van der Waals surface area contributed by atoms with Gasteiger partial charge in [-0.05, 0) is 30.2 Å². The van der Waals surface area contributed by atoms with Crippen LogP contribution in [0.3, 0.4) is 0 Å². The number of nitrogens with one attached hydrogen (secondary N) is 1. The molecule has 0 saturated heterocycles. The number of rotatable bonds is 7. The van der Waals surface area contributed by atoms with Gasteiger partial charge < -0.3 is 10.2 Å². The van der Waals surface area contributed by atoms with E-state index in [9.17, 15) is 9.59 Å². The third kappa shape index (κ3) is 5.07. The molecule has 25 heavy (non-hydrogen) atoms. The van der Waals surface area contributed by atoms with Crippen molar-refractivity contribution in [1.29, 1.82) is 0 Å². The number of hydrogen-bond acceptors (Lipinski definition) is 2. The van der Waals surface area contributed by atoms with E-state index >= 15 is 0 Å². The number of carbonyl (C=O) groups excluding carboxylic acids is 2. The molecule has 2 rings (SSSR count). The molecule has 0 bridgehead atoms. The highest BCUT2D eigenvalue weighted by Crippen LogP contribution is 2.25. The highest BCUT2D eigenvalue weighted by Gasteiger charge is 2.30. The van der Waals surface area contributed by atoms with Crippen molar-refractivity contribution >= 4 is 23.4 Å². The van der Waals surface area contributed by atoms with Gasteiger partial charge in [-0.15, -0.1) is 0 Å². The van der Waals surface area contributed by atoms with Crippen molar-refractivity contribution in [2.75, 3.05) is 6.54 Å². The smallest absolute Gasteiger partial charge is 0.247 e. The largest absolute Gasteiger partial charge is 0.354 e. The van der Waals surface area contributed by atoms with Crippen LogP contribution in [0.25, 0.3) is 0 Å². The predicted octanol–water partition coefficient (Wildman–Crippen LogP) is 3.96. The fourth-order valence-electron chi connectivity index (χ4n) is 2.69. The lowest BCUT2D eigenvalue weighted by molar-refractivity contribution is -0.141. The number of hydrogen-bond donors (Lipinski definition) is 1. The van der Waals surface area contributed by atoms with Gasteiger partial charge in [0.25, 0.3) is 0 Å². The van der Waals surface area contributed by atoms with Gasteiger partial charge in [0, 0.05) is 24.5 Å². The molecule has 0 fully saturated rings. The van der Waals surface area contributed by atoms with Crippen LogP contribution in [0.1, 0.15) is 37.4 Å². The molecule has 2 amide bonds. The molecule has 5 heteroatoms. The fraction of sp³-hybridized carbons (Fsp3) is 0.300. The molecule has 0 aliphatic heterocycles. The molecule has 0 aromatic heterocycles. The van der Waals surface area contributed by atoms with E-state index in [1.165, 1.54) is 0 Å². The van der Waals surface area contributed by atoms with Crippen LogP contribution >= 0.6 is 11.6 Å². The SMILES string of the molecule is CCNC(=O)C(c1ccccc1)N(Cc1ccc(Cl)cc1)C(=O)CC. The maximum absolute atomic E-state index is 12.7. The van der Waals surface area contributed by atoms with Crippen LogP contribution in [0.2, 0.25) is 5.02 Å². The highest BCUT2D eigenvalue weighted by atomic mass is 35.5. The van der Waals surface area contributed by atoms with Crippen LogP contribution in [-0.2, 0) is 16.1 Å². The van der Waals surface area contributed by atoms with E-state index in [1.807, 2.05) is 49.4 Å². The molecule has 0 saturated carbocycles. The Kier molecular flexibility index (Phi) is 7.02. The van der Waals surface area contributed by atoms with Gasteiger partial charge in [-0.1, -0.05) is 61.0 Å². The second-order valence-electron chi connectivity index (χ2n) is 5.71. The third-order valence-electron chi connectivity index (χ3n) is 3.92. The number of benzene rings is 2. The van der Waals surface area contributed by atoms with E-state index in [1.54, 1.807) is 24.0 Å². The summed E-state index contributed by atoms with van der Waals surface area (Å²) in [5, 5.41) is 3.48. The molecule has 0 aliphatic rings. The minimum absolute atomic E-state index is 0.0740. The summed E-state index contributed by atoms with van der Waals surface area (Å²) in [7, 11) is 0. The fourth-order valence-corrected chi connectivity index (χ4v) is 2.82. The highest BCUT2D eigenvalue weighted by molar-refractivity contribution is 6.30. The zero-order valence-corrected chi connectivity index (χ0v) is 15.3. The lowest BCUT2D eigenvalue weighted by atomic mass is 10.0. The molecule has 1 unspecified atom stereocenters. The molecular weight excluding hydrogens is 336 g/mol. The van der Waals surface area contributed by atoms with Crippen molar-refractivity contribution in [1.82, 2.24) is 10.2 Å². The number of amides is 2. The van der Waals surface area contributed by atoms with Crippen molar-refractivity contribution in [2.24, 2.45) is 0 Å². The molecule has 0 spiro atoms. The van der Waals surface area contributed by atoms with Gasteiger partial charge in [-0.25, -0.2) is 0 Å². The van der Waals surface area contributed by atoms with E-state index < -0.39 is 6.04 Å². The summed E-state index contributed by atoms with van der Waals surface area (Å²) in [5.74, 6) is -0.250. The van der Waals surface area contributed by atoms with Crippen LogP contribution in [0, 0.1) is 0 Å². The van der Waals surface area contributed by atoms with Crippen LogP contribution in [0.5, 0.6) is 0 Å². The Morgan fingerprint density at radius 3 is 2.24 bits per heavy atom. The van der Waals surface area contributed by atoms with Crippen molar-refractivity contribution in [3.05, 3.63) is 70.7 Å². The van der Waals surface area contributed by atoms with E-state index in [4.69, 9.17) is 11.6 Å². The lowest BCUT2D eigenvalue weighted by Crippen LogP contribution is -2.43. The Morgan fingerprint density at radius 1 is 1.04 bits per heavy atom. The summed E-state index contributed by atoms with van der Waals surface area (Å²) in [6.45, 7) is 4.53. The summed E-state index contributed by atoms with van der Waals surface area (Å²) in [6, 6.07) is 16.0. The normalized spacial score (nSPS) is 11.6. The summed E-state index contributed by atoms with van der Waals surface area (Å²) in [5.41, 5.74) is 1.72. The maximum Gasteiger partial charge on any atom is 0.247 e. The van der Waals surface area contributed by atoms with E-state index in [0.717, 1.165) is 11.1 Å². The first-order valence-corrected chi connectivity index (χ1v) is 8.81. The van der Waals surface area contributed by atoms with Gasteiger partial charge >= 0.3 is 0 Å². The number of halogens is 1. The number of likely N-dealkylation sites (N-methyl/N-ethyl adjacent to an activating group) is 1. The Balaban J connectivity index is 2.40. The average molecular weight is 359 g/mol. The summed E-state index contributed by atoms with van der Waals surface area (Å²) in [4.78, 5) is 27.0.